The fourth-order valence-electron chi connectivity index (χ4n) is 1.77. The van der Waals surface area contributed by atoms with Gasteiger partial charge in [0.25, 0.3) is 0 Å². The molecule has 0 amide bonds. The number of thioether (sulfide) groups is 1. The topological polar surface area (TPSA) is 30.5 Å². The fraction of sp³-hybridized carbons (Fsp3) is 0.571. The molecule has 0 aliphatic heterocycles. The molecule has 0 saturated heterocycles. The molecular weight excluding hydrogens is 246 g/mol. The minimum atomic E-state index is 0.494. The predicted molar refractivity (Wildman–Crippen MR) is 77.8 cm³/mol. The van der Waals surface area contributed by atoms with E-state index in [9.17, 15) is 0 Å². The number of anilines is 1. The van der Waals surface area contributed by atoms with Crippen LogP contribution in [0.5, 0.6) is 5.75 Å². The van der Waals surface area contributed by atoms with Crippen molar-refractivity contribution in [3.05, 3.63) is 24.3 Å². The van der Waals surface area contributed by atoms with Gasteiger partial charge in [-0.15, -0.1) is 0 Å². The van der Waals surface area contributed by atoms with Crippen molar-refractivity contribution in [3.63, 3.8) is 0 Å². The Morgan fingerprint density at radius 1 is 1.22 bits per heavy atom. The zero-order valence-electron chi connectivity index (χ0n) is 11.1. The van der Waals surface area contributed by atoms with Crippen LogP contribution in [0.1, 0.15) is 12.8 Å². The molecule has 0 radical (unpaired) electrons. The average molecular weight is 267 g/mol. The van der Waals surface area contributed by atoms with Gasteiger partial charge in [-0.05, 0) is 43.4 Å². The molecule has 0 aromatic heterocycles. The molecule has 18 heavy (non-hydrogen) atoms. The van der Waals surface area contributed by atoms with E-state index in [0.29, 0.717) is 18.0 Å². The van der Waals surface area contributed by atoms with Gasteiger partial charge in [-0.2, -0.15) is 11.8 Å². The molecule has 0 spiro atoms. The molecule has 1 fully saturated rings. The summed E-state index contributed by atoms with van der Waals surface area (Å²) in [4.78, 5) is 0. The van der Waals surface area contributed by atoms with Crippen LogP contribution in [0.25, 0.3) is 0 Å². The second kappa shape index (κ2) is 6.34. The van der Waals surface area contributed by atoms with Crippen molar-refractivity contribution >= 4 is 17.4 Å². The van der Waals surface area contributed by atoms with E-state index in [1.54, 1.807) is 7.11 Å². The van der Waals surface area contributed by atoms with Crippen LogP contribution in [0.2, 0.25) is 0 Å². The van der Waals surface area contributed by atoms with Crippen LogP contribution in [0.3, 0.4) is 0 Å². The maximum Gasteiger partial charge on any atom is 0.119 e. The molecule has 1 aliphatic carbocycles. The van der Waals surface area contributed by atoms with Crippen molar-refractivity contribution in [3.8, 4) is 5.75 Å². The lowest BCUT2D eigenvalue weighted by molar-refractivity contribution is 0.146. The van der Waals surface area contributed by atoms with Crippen molar-refractivity contribution in [1.82, 2.24) is 0 Å². The van der Waals surface area contributed by atoms with Crippen LogP contribution in [0.15, 0.2) is 24.3 Å². The first-order valence-corrected chi connectivity index (χ1v) is 7.51. The third-order valence-electron chi connectivity index (χ3n) is 3.27. The van der Waals surface area contributed by atoms with Gasteiger partial charge in [0.2, 0.25) is 0 Å². The Morgan fingerprint density at radius 3 is 2.50 bits per heavy atom. The first-order chi connectivity index (χ1) is 8.78. The van der Waals surface area contributed by atoms with Crippen LogP contribution < -0.4 is 10.1 Å². The minimum Gasteiger partial charge on any atom is -0.491 e. The maximum atomic E-state index is 5.52. The Labute approximate surface area is 113 Å². The number of hydrogen-bond acceptors (Lipinski definition) is 4. The highest BCUT2D eigenvalue weighted by Gasteiger charge is 2.41. The van der Waals surface area contributed by atoms with E-state index in [-0.39, 0.29) is 0 Å². The molecule has 2 rings (SSSR count). The van der Waals surface area contributed by atoms with Gasteiger partial charge < -0.3 is 14.8 Å². The van der Waals surface area contributed by atoms with Crippen LogP contribution >= 0.6 is 11.8 Å². The summed E-state index contributed by atoms with van der Waals surface area (Å²) >= 11 is 1.97. The van der Waals surface area contributed by atoms with E-state index in [4.69, 9.17) is 9.47 Å². The quantitative estimate of drug-likeness (QED) is 0.733. The van der Waals surface area contributed by atoms with E-state index in [2.05, 4.69) is 23.7 Å². The van der Waals surface area contributed by atoms with Crippen molar-refractivity contribution in [1.29, 1.82) is 0 Å². The van der Waals surface area contributed by atoms with Gasteiger partial charge >= 0.3 is 0 Å². The van der Waals surface area contributed by atoms with E-state index in [0.717, 1.165) is 18.0 Å². The average Bonchev–Trinajstić information content (AvgIpc) is 3.19. The molecule has 1 N–H and O–H groups in total. The van der Waals surface area contributed by atoms with E-state index in [1.165, 1.54) is 12.8 Å². The third kappa shape index (κ3) is 3.82. The number of ether oxygens (including phenoxy) is 2. The highest BCUT2D eigenvalue weighted by atomic mass is 32.2. The van der Waals surface area contributed by atoms with Gasteiger partial charge in [0.1, 0.15) is 12.4 Å². The molecular formula is C14H21NO2S. The highest BCUT2D eigenvalue weighted by Crippen LogP contribution is 2.47. The Hall–Kier alpha value is -0.870. The summed E-state index contributed by atoms with van der Waals surface area (Å²) in [5, 5.41) is 3.49. The Kier molecular flexibility index (Phi) is 4.78. The van der Waals surface area contributed by atoms with Gasteiger partial charge in [-0.1, -0.05) is 0 Å². The molecule has 1 aromatic rings. The zero-order chi connectivity index (χ0) is 12.8. The third-order valence-corrected chi connectivity index (χ3v) is 4.68. The number of methoxy groups -OCH3 is 1. The Bertz CT molecular complexity index is 363. The minimum absolute atomic E-state index is 0.494. The molecule has 1 aromatic carbocycles. The lowest BCUT2D eigenvalue weighted by Crippen LogP contribution is -2.17. The summed E-state index contributed by atoms with van der Waals surface area (Å²) in [7, 11) is 1.68. The summed E-state index contributed by atoms with van der Waals surface area (Å²) < 4.78 is 11.0. The first-order valence-electron chi connectivity index (χ1n) is 6.29. The summed E-state index contributed by atoms with van der Waals surface area (Å²) in [6, 6.07) is 8.13. The summed E-state index contributed by atoms with van der Waals surface area (Å²) in [6.45, 7) is 2.27. The smallest absolute Gasteiger partial charge is 0.119 e. The van der Waals surface area contributed by atoms with Gasteiger partial charge in [-0.25, -0.2) is 0 Å². The van der Waals surface area contributed by atoms with Crippen LogP contribution in [0.4, 0.5) is 5.69 Å². The maximum absolute atomic E-state index is 5.52. The zero-order valence-corrected chi connectivity index (χ0v) is 11.9. The highest BCUT2D eigenvalue weighted by molar-refractivity contribution is 8.00. The summed E-state index contributed by atoms with van der Waals surface area (Å²) in [5.74, 6) is 0.892. The predicted octanol–water partition coefficient (Wildman–Crippen LogP) is 3.02. The number of benzene rings is 1. The van der Waals surface area contributed by atoms with Gasteiger partial charge in [0.15, 0.2) is 0 Å². The summed E-state index contributed by atoms with van der Waals surface area (Å²) in [6.07, 6.45) is 4.86. The second-order valence-corrected chi connectivity index (χ2v) is 5.88. The number of rotatable bonds is 8. The fourth-order valence-corrected chi connectivity index (χ4v) is 2.49. The van der Waals surface area contributed by atoms with Crippen LogP contribution in [-0.2, 0) is 4.74 Å². The van der Waals surface area contributed by atoms with Crippen LogP contribution in [0, 0.1) is 0 Å². The molecule has 0 bridgehead atoms. The first kappa shape index (κ1) is 13.6. The Balaban J connectivity index is 1.76. The van der Waals surface area contributed by atoms with Crippen LogP contribution in [-0.4, -0.2) is 37.9 Å². The van der Waals surface area contributed by atoms with Gasteiger partial charge in [0, 0.05) is 24.1 Å². The van der Waals surface area contributed by atoms with Crippen molar-refractivity contribution in [2.45, 2.75) is 17.6 Å². The number of nitrogens with one attached hydrogen (secondary N) is 1. The molecule has 0 atom stereocenters. The van der Waals surface area contributed by atoms with Crippen molar-refractivity contribution in [2.75, 3.05) is 38.4 Å². The molecule has 0 unspecified atom stereocenters. The lowest BCUT2D eigenvalue weighted by atomic mass is 10.3. The van der Waals surface area contributed by atoms with Crippen molar-refractivity contribution in [2.24, 2.45) is 0 Å². The molecule has 1 aliphatic rings. The molecule has 1 saturated carbocycles. The van der Waals surface area contributed by atoms with E-state index >= 15 is 0 Å². The monoisotopic (exact) mass is 267 g/mol. The molecule has 100 valence electrons. The number of hydrogen-bond donors (Lipinski definition) is 1. The lowest BCUT2D eigenvalue weighted by Gasteiger charge is -2.14. The van der Waals surface area contributed by atoms with E-state index < -0.39 is 0 Å². The molecule has 0 heterocycles. The normalized spacial score (nSPS) is 16.3. The summed E-state index contributed by atoms with van der Waals surface area (Å²) in [5.41, 5.74) is 1.16. The Morgan fingerprint density at radius 2 is 1.94 bits per heavy atom. The van der Waals surface area contributed by atoms with Crippen molar-refractivity contribution < 1.29 is 9.47 Å². The van der Waals surface area contributed by atoms with Gasteiger partial charge in [0.05, 0.1) is 6.61 Å². The SMILES string of the molecule is COCCOc1ccc(NCC2(SC)CC2)cc1. The largest absolute Gasteiger partial charge is 0.491 e. The standard InChI is InChI=1S/C14H21NO2S/c1-16-9-10-17-13-5-3-12(4-6-13)15-11-14(18-2)7-8-14/h3-6,15H,7-11H2,1-2H3. The molecule has 4 heteroatoms. The van der Waals surface area contributed by atoms with E-state index in [1.807, 2.05) is 23.9 Å². The van der Waals surface area contributed by atoms with Gasteiger partial charge in [-0.3, -0.25) is 0 Å². The molecule has 3 nitrogen and oxygen atoms in total. The second-order valence-electron chi connectivity index (χ2n) is 4.61.